The largest absolute Gasteiger partial charge is 0.383 e. The first-order chi connectivity index (χ1) is 10.1. The molecule has 0 bridgehead atoms. The summed E-state index contributed by atoms with van der Waals surface area (Å²) in [5.74, 6) is 1.06. The van der Waals surface area contributed by atoms with Crippen LogP contribution in [0.15, 0.2) is 12.1 Å². The first-order valence-corrected chi connectivity index (χ1v) is 8.06. The predicted octanol–water partition coefficient (Wildman–Crippen LogP) is 3.14. The van der Waals surface area contributed by atoms with Crippen LogP contribution in [0.25, 0.3) is 0 Å². The molecule has 0 radical (unpaired) electrons. The number of hydrogen-bond acceptors (Lipinski definition) is 4. The fraction of sp³-hybridized carbons (Fsp3) is 0.706. The summed E-state index contributed by atoms with van der Waals surface area (Å²) in [5, 5.41) is 3.46. The number of aromatic nitrogens is 1. The van der Waals surface area contributed by atoms with Crippen molar-refractivity contribution in [2.24, 2.45) is 0 Å². The lowest BCUT2D eigenvalue weighted by Gasteiger charge is -2.30. The van der Waals surface area contributed by atoms with Crippen molar-refractivity contribution in [3.63, 3.8) is 0 Å². The van der Waals surface area contributed by atoms with Crippen LogP contribution in [0.4, 0.5) is 5.82 Å². The van der Waals surface area contributed by atoms with Crippen molar-refractivity contribution < 1.29 is 4.74 Å². The molecule has 21 heavy (non-hydrogen) atoms. The molecule has 0 amide bonds. The van der Waals surface area contributed by atoms with E-state index in [4.69, 9.17) is 9.72 Å². The number of pyridine rings is 1. The van der Waals surface area contributed by atoms with E-state index in [0.29, 0.717) is 6.04 Å². The molecular formula is C17H31N3O. The Morgan fingerprint density at radius 2 is 2.10 bits per heavy atom. The second kappa shape index (κ2) is 9.74. The number of nitrogens with one attached hydrogen (secondary N) is 1. The SMILES string of the molecule is CCCNCc1cc(C)nc(N(CCOC)C(C)CC)c1. The number of aryl methyl sites for hydroxylation is 1. The van der Waals surface area contributed by atoms with Gasteiger partial charge in [0.25, 0.3) is 0 Å². The lowest BCUT2D eigenvalue weighted by atomic mass is 10.1. The molecule has 1 unspecified atom stereocenters. The fourth-order valence-corrected chi connectivity index (χ4v) is 2.35. The summed E-state index contributed by atoms with van der Waals surface area (Å²) in [4.78, 5) is 7.07. The molecule has 0 aliphatic carbocycles. The summed E-state index contributed by atoms with van der Waals surface area (Å²) in [5.41, 5.74) is 2.38. The maximum atomic E-state index is 5.25. The smallest absolute Gasteiger partial charge is 0.129 e. The summed E-state index contributed by atoms with van der Waals surface area (Å²) >= 11 is 0. The van der Waals surface area contributed by atoms with E-state index >= 15 is 0 Å². The summed E-state index contributed by atoms with van der Waals surface area (Å²) in [6.07, 6.45) is 2.26. The fourth-order valence-electron chi connectivity index (χ4n) is 2.35. The first-order valence-electron chi connectivity index (χ1n) is 8.06. The van der Waals surface area contributed by atoms with Crippen molar-refractivity contribution in [2.75, 3.05) is 31.7 Å². The normalized spacial score (nSPS) is 12.4. The minimum atomic E-state index is 0.464. The second-order valence-corrected chi connectivity index (χ2v) is 5.60. The summed E-state index contributed by atoms with van der Waals surface area (Å²) in [6, 6.07) is 4.83. The van der Waals surface area contributed by atoms with Gasteiger partial charge in [0.05, 0.1) is 6.61 Å². The Balaban J connectivity index is 2.90. The highest BCUT2D eigenvalue weighted by molar-refractivity contribution is 5.43. The van der Waals surface area contributed by atoms with Gasteiger partial charge in [-0.05, 0) is 50.9 Å². The average Bonchev–Trinajstić information content (AvgIpc) is 2.47. The third-order valence-electron chi connectivity index (χ3n) is 3.71. The molecule has 1 N–H and O–H groups in total. The van der Waals surface area contributed by atoms with Gasteiger partial charge in [0.2, 0.25) is 0 Å². The van der Waals surface area contributed by atoms with Crippen molar-refractivity contribution in [3.8, 4) is 0 Å². The van der Waals surface area contributed by atoms with Gasteiger partial charge < -0.3 is 15.0 Å². The Morgan fingerprint density at radius 3 is 2.71 bits per heavy atom. The number of methoxy groups -OCH3 is 1. The molecule has 0 aliphatic rings. The van der Waals surface area contributed by atoms with Crippen molar-refractivity contribution >= 4 is 5.82 Å². The third-order valence-corrected chi connectivity index (χ3v) is 3.71. The van der Waals surface area contributed by atoms with Gasteiger partial charge in [-0.15, -0.1) is 0 Å². The second-order valence-electron chi connectivity index (χ2n) is 5.60. The minimum Gasteiger partial charge on any atom is -0.383 e. The maximum absolute atomic E-state index is 5.25. The van der Waals surface area contributed by atoms with Crippen LogP contribution in [-0.2, 0) is 11.3 Å². The van der Waals surface area contributed by atoms with E-state index in [1.165, 1.54) is 5.56 Å². The standard InChI is InChI=1S/C17H31N3O/c1-6-8-18-13-16-11-14(3)19-17(12-16)20(9-10-21-5)15(4)7-2/h11-12,15,18H,6-10,13H2,1-5H3. The number of ether oxygens (including phenoxy) is 1. The van der Waals surface area contributed by atoms with Gasteiger partial charge in [-0.2, -0.15) is 0 Å². The van der Waals surface area contributed by atoms with Gasteiger partial charge in [-0.3, -0.25) is 0 Å². The summed E-state index contributed by atoms with van der Waals surface area (Å²) in [6.45, 7) is 12.3. The summed E-state index contributed by atoms with van der Waals surface area (Å²) in [7, 11) is 1.75. The van der Waals surface area contributed by atoms with Gasteiger partial charge in [0.1, 0.15) is 5.82 Å². The number of rotatable bonds is 10. The molecule has 1 rings (SSSR count). The quantitative estimate of drug-likeness (QED) is 0.673. The predicted molar refractivity (Wildman–Crippen MR) is 89.9 cm³/mol. The van der Waals surface area contributed by atoms with E-state index in [-0.39, 0.29) is 0 Å². The topological polar surface area (TPSA) is 37.4 Å². The molecule has 0 spiro atoms. The molecule has 1 aromatic heterocycles. The van der Waals surface area contributed by atoms with E-state index in [1.54, 1.807) is 7.11 Å². The average molecular weight is 293 g/mol. The van der Waals surface area contributed by atoms with Crippen molar-refractivity contribution in [1.82, 2.24) is 10.3 Å². The van der Waals surface area contributed by atoms with Gasteiger partial charge in [0, 0.05) is 31.9 Å². The van der Waals surface area contributed by atoms with Crippen LogP contribution in [-0.4, -0.2) is 37.8 Å². The molecule has 0 fully saturated rings. The van der Waals surface area contributed by atoms with E-state index in [1.807, 2.05) is 0 Å². The van der Waals surface area contributed by atoms with Gasteiger partial charge in [-0.25, -0.2) is 4.98 Å². The van der Waals surface area contributed by atoms with Crippen molar-refractivity contribution in [1.29, 1.82) is 0 Å². The summed E-state index contributed by atoms with van der Waals surface area (Å²) < 4.78 is 5.25. The van der Waals surface area contributed by atoms with Crippen LogP contribution in [0.5, 0.6) is 0 Å². The highest BCUT2D eigenvalue weighted by atomic mass is 16.5. The molecule has 4 nitrogen and oxygen atoms in total. The molecule has 4 heteroatoms. The van der Waals surface area contributed by atoms with E-state index in [9.17, 15) is 0 Å². The molecule has 1 atom stereocenters. The number of hydrogen-bond donors (Lipinski definition) is 1. The zero-order valence-corrected chi connectivity index (χ0v) is 14.3. The highest BCUT2D eigenvalue weighted by Crippen LogP contribution is 2.19. The van der Waals surface area contributed by atoms with E-state index in [0.717, 1.165) is 50.6 Å². The van der Waals surface area contributed by atoms with Crippen LogP contribution in [0.2, 0.25) is 0 Å². The lowest BCUT2D eigenvalue weighted by molar-refractivity contribution is 0.203. The van der Waals surface area contributed by atoms with Crippen LogP contribution >= 0.6 is 0 Å². The van der Waals surface area contributed by atoms with Crippen molar-refractivity contribution in [2.45, 2.75) is 53.1 Å². The molecule has 1 heterocycles. The number of nitrogens with zero attached hydrogens (tertiary/aromatic N) is 2. The Kier molecular flexibility index (Phi) is 8.31. The highest BCUT2D eigenvalue weighted by Gasteiger charge is 2.15. The van der Waals surface area contributed by atoms with Crippen LogP contribution in [0, 0.1) is 6.92 Å². The monoisotopic (exact) mass is 293 g/mol. The zero-order valence-electron chi connectivity index (χ0n) is 14.3. The van der Waals surface area contributed by atoms with Gasteiger partial charge in [0.15, 0.2) is 0 Å². The van der Waals surface area contributed by atoms with Gasteiger partial charge in [-0.1, -0.05) is 13.8 Å². The Morgan fingerprint density at radius 1 is 1.33 bits per heavy atom. The van der Waals surface area contributed by atoms with Crippen LogP contribution in [0.3, 0.4) is 0 Å². The molecule has 0 saturated carbocycles. The Labute approximate surface area is 129 Å². The van der Waals surface area contributed by atoms with Crippen LogP contribution < -0.4 is 10.2 Å². The third kappa shape index (κ3) is 6.02. The molecule has 120 valence electrons. The maximum Gasteiger partial charge on any atom is 0.129 e. The molecule has 0 saturated heterocycles. The molecule has 1 aromatic rings. The van der Waals surface area contributed by atoms with E-state index < -0.39 is 0 Å². The zero-order chi connectivity index (χ0) is 15.7. The molecular weight excluding hydrogens is 262 g/mol. The van der Waals surface area contributed by atoms with Crippen molar-refractivity contribution in [3.05, 3.63) is 23.4 Å². The van der Waals surface area contributed by atoms with Gasteiger partial charge >= 0.3 is 0 Å². The number of anilines is 1. The Bertz CT molecular complexity index is 409. The lowest BCUT2D eigenvalue weighted by Crippen LogP contribution is -2.36. The van der Waals surface area contributed by atoms with E-state index in [2.05, 4.69) is 50.0 Å². The minimum absolute atomic E-state index is 0.464. The molecule has 0 aromatic carbocycles. The molecule has 0 aliphatic heterocycles. The Hall–Kier alpha value is -1.13. The van der Waals surface area contributed by atoms with Crippen LogP contribution in [0.1, 0.15) is 44.9 Å². The first kappa shape index (κ1) is 17.9.